The molecule has 1 heterocycles. The summed E-state index contributed by atoms with van der Waals surface area (Å²) >= 11 is 0. The Morgan fingerprint density at radius 3 is 2.41 bits per heavy atom. The third kappa shape index (κ3) is 3.89. The lowest BCUT2D eigenvalue weighted by atomic mass is 9.98. The zero-order valence-corrected chi connectivity index (χ0v) is 17.0. The van der Waals surface area contributed by atoms with Gasteiger partial charge in [0.15, 0.2) is 5.78 Å². The zero-order chi connectivity index (χ0) is 20.6. The normalized spacial score (nSPS) is 13.5. The average Bonchev–Trinajstić information content (AvgIpc) is 2.70. The summed E-state index contributed by atoms with van der Waals surface area (Å²) in [4.78, 5) is 11.9. The number of benzene rings is 3. The van der Waals surface area contributed by atoms with Crippen molar-refractivity contribution in [3.05, 3.63) is 77.4 Å². The van der Waals surface area contributed by atoms with Crippen molar-refractivity contribution >= 4 is 21.5 Å². The van der Waals surface area contributed by atoms with Gasteiger partial charge in [-0.3, -0.25) is 9.52 Å². The van der Waals surface area contributed by atoms with E-state index in [4.69, 9.17) is 4.74 Å². The number of hydrogen-bond donors (Lipinski definition) is 1. The molecule has 0 saturated carbocycles. The Labute approximate surface area is 170 Å². The van der Waals surface area contributed by atoms with Crippen molar-refractivity contribution in [2.24, 2.45) is 0 Å². The summed E-state index contributed by atoms with van der Waals surface area (Å²) in [6.07, 6.45) is 0.236. The highest BCUT2D eigenvalue weighted by molar-refractivity contribution is 7.92. The number of Topliss-reactive ketones (excluding diaryl/α,β-unsaturated/α-hetero) is 1. The van der Waals surface area contributed by atoms with Crippen molar-refractivity contribution in [3.63, 3.8) is 0 Å². The lowest BCUT2D eigenvalue weighted by molar-refractivity contribution is -0.121. The van der Waals surface area contributed by atoms with Crippen LogP contribution >= 0.6 is 0 Å². The van der Waals surface area contributed by atoms with Crippen LogP contribution < -0.4 is 9.46 Å². The van der Waals surface area contributed by atoms with Gasteiger partial charge in [-0.05, 0) is 48.7 Å². The number of hydrogen-bond acceptors (Lipinski definition) is 4. The second-order valence-corrected chi connectivity index (χ2v) is 8.88. The first-order valence-corrected chi connectivity index (χ1v) is 10.8. The van der Waals surface area contributed by atoms with E-state index in [-0.39, 0.29) is 23.7 Å². The van der Waals surface area contributed by atoms with Crippen LogP contribution in [0.25, 0.3) is 11.1 Å². The largest absolute Gasteiger partial charge is 0.485 e. The fourth-order valence-electron chi connectivity index (χ4n) is 3.38. The SMILES string of the molecule is Cc1ccc(NS(=O)(=O)c2cc3c(cc2-c2ccccc2)CC(=O)CO3)cc1C. The minimum absolute atomic E-state index is 0.0274. The van der Waals surface area contributed by atoms with Crippen LogP contribution in [0, 0.1) is 13.8 Å². The summed E-state index contributed by atoms with van der Waals surface area (Å²) in [5.74, 6) is 0.408. The Morgan fingerprint density at radius 1 is 0.931 bits per heavy atom. The highest BCUT2D eigenvalue weighted by atomic mass is 32.2. The fraction of sp³-hybridized carbons (Fsp3) is 0.174. The molecule has 0 saturated heterocycles. The Bertz CT molecular complexity index is 1200. The van der Waals surface area contributed by atoms with E-state index in [9.17, 15) is 13.2 Å². The molecule has 0 unspecified atom stereocenters. The summed E-state index contributed by atoms with van der Waals surface area (Å²) in [6.45, 7) is 3.87. The second-order valence-electron chi connectivity index (χ2n) is 7.23. The molecule has 1 aliphatic rings. The quantitative estimate of drug-likeness (QED) is 0.701. The molecule has 1 N–H and O–H groups in total. The lowest BCUT2D eigenvalue weighted by Gasteiger charge is -2.21. The van der Waals surface area contributed by atoms with Gasteiger partial charge in [0.1, 0.15) is 12.4 Å². The van der Waals surface area contributed by atoms with Crippen molar-refractivity contribution < 1.29 is 17.9 Å². The first kappa shape index (κ1) is 19.2. The van der Waals surface area contributed by atoms with Crippen LogP contribution in [0.1, 0.15) is 16.7 Å². The van der Waals surface area contributed by atoms with Gasteiger partial charge in [0.05, 0.1) is 4.90 Å². The Balaban J connectivity index is 1.84. The van der Waals surface area contributed by atoms with E-state index in [2.05, 4.69) is 4.72 Å². The number of sulfonamides is 1. The molecule has 3 aromatic carbocycles. The molecule has 1 aliphatic heterocycles. The van der Waals surface area contributed by atoms with E-state index in [0.717, 1.165) is 16.7 Å². The average molecular weight is 407 g/mol. The standard InChI is InChI=1S/C23H21NO4S/c1-15-8-9-19(10-16(15)2)24-29(26,27)23-13-22-18(11-20(25)14-28-22)12-21(23)17-6-4-3-5-7-17/h3-10,12-13,24H,11,14H2,1-2H3. The van der Waals surface area contributed by atoms with Crippen LogP contribution in [0.5, 0.6) is 5.75 Å². The van der Waals surface area contributed by atoms with Gasteiger partial charge in [-0.15, -0.1) is 0 Å². The number of rotatable bonds is 4. The fourth-order valence-corrected chi connectivity index (χ4v) is 4.66. The molecule has 29 heavy (non-hydrogen) atoms. The molecule has 148 valence electrons. The molecular weight excluding hydrogens is 386 g/mol. The van der Waals surface area contributed by atoms with E-state index >= 15 is 0 Å². The molecule has 0 amide bonds. The number of carbonyl (C=O) groups is 1. The topological polar surface area (TPSA) is 72.5 Å². The predicted molar refractivity (Wildman–Crippen MR) is 113 cm³/mol. The molecule has 0 atom stereocenters. The van der Waals surface area contributed by atoms with E-state index < -0.39 is 10.0 Å². The first-order valence-electron chi connectivity index (χ1n) is 9.30. The van der Waals surface area contributed by atoms with E-state index in [1.165, 1.54) is 6.07 Å². The van der Waals surface area contributed by atoms with Gasteiger partial charge in [-0.1, -0.05) is 36.4 Å². The predicted octanol–water partition coefficient (Wildman–Crippen LogP) is 4.28. The van der Waals surface area contributed by atoms with Gasteiger partial charge in [-0.2, -0.15) is 0 Å². The number of ether oxygens (including phenoxy) is 1. The third-order valence-electron chi connectivity index (χ3n) is 5.07. The molecule has 0 fully saturated rings. The molecule has 0 aromatic heterocycles. The van der Waals surface area contributed by atoms with Crippen LogP contribution in [0.4, 0.5) is 5.69 Å². The Kier molecular flexibility index (Phi) is 4.88. The van der Waals surface area contributed by atoms with Gasteiger partial charge in [0, 0.05) is 29.3 Å². The van der Waals surface area contributed by atoms with Crippen LogP contribution in [-0.4, -0.2) is 20.8 Å². The monoisotopic (exact) mass is 407 g/mol. The second kappa shape index (κ2) is 7.37. The number of aryl methyl sites for hydroxylation is 2. The summed E-state index contributed by atoms with van der Waals surface area (Å²) < 4.78 is 34.8. The molecule has 4 rings (SSSR count). The summed E-state index contributed by atoms with van der Waals surface area (Å²) in [7, 11) is -3.88. The van der Waals surface area contributed by atoms with Crippen molar-refractivity contribution in [1.82, 2.24) is 0 Å². The lowest BCUT2D eigenvalue weighted by Crippen LogP contribution is -2.21. The maximum absolute atomic E-state index is 13.3. The van der Waals surface area contributed by atoms with Gasteiger partial charge in [0.2, 0.25) is 0 Å². The molecule has 0 spiro atoms. The van der Waals surface area contributed by atoms with Crippen molar-refractivity contribution in [2.75, 3.05) is 11.3 Å². The number of ketones is 1. The summed E-state index contributed by atoms with van der Waals surface area (Å²) in [6, 6.07) is 18.0. The van der Waals surface area contributed by atoms with Crippen molar-refractivity contribution in [3.8, 4) is 16.9 Å². The van der Waals surface area contributed by atoms with Crippen LogP contribution in [0.2, 0.25) is 0 Å². The van der Waals surface area contributed by atoms with Crippen LogP contribution in [0.3, 0.4) is 0 Å². The van der Waals surface area contributed by atoms with Gasteiger partial charge < -0.3 is 4.74 Å². The Hall–Kier alpha value is -3.12. The van der Waals surface area contributed by atoms with Gasteiger partial charge in [-0.25, -0.2) is 8.42 Å². The zero-order valence-electron chi connectivity index (χ0n) is 16.2. The minimum Gasteiger partial charge on any atom is -0.485 e. The summed E-state index contributed by atoms with van der Waals surface area (Å²) in [5, 5.41) is 0. The molecule has 0 radical (unpaired) electrons. The first-order chi connectivity index (χ1) is 13.8. The smallest absolute Gasteiger partial charge is 0.262 e. The summed E-state index contributed by atoms with van der Waals surface area (Å²) in [5.41, 5.74) is 4.59. The number of carbonyl (C=O) groups excluding carboxylic acids is 1. The number of anilines is 1. The maximum atomic E-state index is 13.3. The van der Waals surface area contributed by atoms with Crippen LogP contribution in [-0.2, 0) is 21.2 Å². The number of nitrogens with one attached hydrogen (secondary N) is 1. The van der Waals surface area contributed by atoms with E-state index in [0.29, 0.717) is 22.6 Å². The van der Waals surface area contributed by atoms with Crippen molar-refractivity contribution in [2.45, 2.75) is 25.2 Å². The molecule has 6 heteroatoms. The van der Waals surface area contributed by atoms with Crippen molar-refractivity contribution in [1.29, 1.82) is 0 Å². The molecule has 5 nitrogen and oxygen atoms in total. The highest BCUT2D eigenvalue weighted by Crippen LogP contribution is 2.36. The van der Waals surface area contributed by atoms with E-state index in [1.54, 1.807) is 12.1 Å². The third-order valence-corrected chi connectivity index (χ3v) is 6.49. The van der Waals surface area contributed by atoms with Gasteiger partial charge in [0.25, 0.3) is 10.0 Å². The number of fused-ring (bicyclic) bond motifs is 1. The molecule has 3 aromatic rings. The van der Waals surface area contributed by atoms with E-state index in [1.807, 2.05) is 56.3 Å². The minimum atomic E-state index is -3.88. The Morgan fingerprint density at radius 2 is 1.69 bits per heavy atom. The van der Waals surface area contributed by atoms with Crippen LogP contribution in [0.15, 0.2) is 65.6 Å². The molecule has 0 bridgehead atoms. The molecule has 0 aliphatic carbocycles. The molecular formula is C23H21NO4S. The highest BCUT2D eigenvalue weighted by Gasteiger charge is 2.26. The maximum Gasteiger partial charge on any atom is 0.262 e. The van der Waals surface area contributed by atoms with Gasteiger partial charge >= 0.3 is 0 Å².